The Balaban J connectivity index is 1.60. The molecule has 0 radical (unpaired) electrons. The summed E-state index contributed by atoms with van der Waals surface area (Å²) in [5.74, 6) is 0.104. The Morgan fingerprint density at radius 2 is 1.94 bits per heavy atom. The second-order valence-corrected chi connectivity index (χ2v) is 11.3. The summed E-state index contributed by atoms with van der Waals surface area (Å²) in [6.45, 7) is 8.46. The molecule has 1 aliphatic rings. The SMILES string of the molecule is CCC(C)NC(=O)c1ccc(C)c(-c2cnn(-c3cncc(C(C)N4CCCCS4(=O)=O)c3)c2)c1. The highest BCUT2D eigenvalue weighted by atomic mass is 32.2. The number of hydrogen-bond acceptors (Lipinski definition) is 5. The number of benzene rings is 1. The summed E-state index contributed by atoms with van der Waals surface area (Å²) >= 11 is 0. The van der Waals surface area contributed by atoms with Gasteiger partial charge in [0.05, 0.1) is 23.8 Å². The minimum absolute atomic E-state index is 0.0912. The molecule has 1 aliphatic heterocycles. The molecule has 1 N–H and O–H groups in total. The minimum atomic E-state index is -3.26. The molecule has 0 aliphatic carbocycles. The van der Waals surface area contributed by atoms with Gasteiger partial charge in [-0.15, -0.1) is 0 Å². The van der Waals surface area contributed by atoms with Crippen molar-refractivity contribution in [3.05, 3.63) is 65.7 Å². The summed E-state index contributed by atoms with van der Waals surface area (Å²) in [7, 11) is -3.26. The van der Waals surface area contributed by atoms with Crippen LogP contribution in [0.4, 0.5) is 0 Å². The third-order valence-corrected chi connectivity index (χ3v) is 8.71. The fourth-order valence-electron chi connectivity index (χ4n) is 4.29. The summed E-state index contributed by atoms with van der Waals surface area (Å²) in [5, 5.41) is 7.54. The van der Waals surface area contributed by atoms with Gasteiger partial charge in [0, 0.05) is 42.1 Å². The average molecular weight is 496 g/mol. The molecule has 2 aromatic heterocycles. The summed E-state index contributed by atoms with van der Waals surface area (Å²) in [6, 6.07) is 7.42. The topological polar surface area (TPSA) is 97.2 Å². The Morgan fingerprint density at radius 1 is 1.14 bits per heavy atom. The van der Waals surface area contributed by atoms with Gasteiger partial charge in [-0.25, -0.2) is 13.1 Å². The normalized spacial score (nSPS) is 17.6. The third-order valence-electron chi connectivity index (χ3n) is 6.70. The quantitative estimate of drug-likeness (QED) is 0.528. The van der Waals surface area contributed by atoms with Gasteiger partial charge >= 0.3 is 0 Å². The lowest BCUT2D eigenvalue weighted by atomic mass is 10.00. The third kappa shape index (κ3) is 5.46. The van der Waals surface area contributed by atoms with Crippen molar-refractivity contribution >= 4 is 15.9 Å². The fourth-order valence-corrected chi connectivity index (χ4v) is 6.11. The van der Waals surface area contributed by atoms with Crippen LogP contribution < -0.4 is 5.32 Å². The van der Waals surface area contributed by atoms with E-state index in [0.717, 1.165) is 40.8 Å². The Kier molecular flexibility index (Phi) is 7.37. The number of hydrogen-bond donors (Lipinski definition) is 1. The first-order chi connectivity index (χ1) is 16.7. The minimum Gasteiger partial charge on any atom is -0.350 e. The highest BCUT2D eigenvalue weighted by Crippen LogP contribution is 2.29. The van der Waals surface area contributed by atoms with Gasteiger partial charge in [-0.05, 0) is 74.9 Å². The molecular formula is C26H33N5O3S. The second kappa shape index (κ2) is 10.3. The summed E-state index contributed by atoms with van der Waals surface area (Å²) in [6.07, 6.45) is 9.54. The van der Waals surface area contributed by atoms with E-state index in [4.69, 9.17) is 0 Å². The van der Waals surface area contributed by atoms with Crippen molar-refractivity contribution in [3.8, 4) is 16.8 Å². The molecule has 1 saturated heterocycles. The molecule has 35 heavy (non-hydrogen) atoms. The molecule has 1 aromatic carbocycles. The van der Waals surface area contributed by atoms with Crippen LogP contribution in [0, 0.1) is 6.92 Å². The lowest BCUT2D eigenvalue weighted by Gasteiger charge is -2.31. The summed E-state index contributed by atoms with van der Waals surface area (Å²) < 4.78 is 28.4. The van der Waals surface area contributed by atoms with Crippen molar-refractivity contribution in [3.63, 3.8) is 0 Å². The van der Waals surface area contributed by atoms with Crippen molar-refractivity contribution in [1.29, 1.82) is 0 Å². The molecule has 186 valence electrons. The van der Waals surface area contributed by atoms with E-state index in [1.807, 2.05) is 58.2 Å². The van der Waals surface area contributed by atoms with E-state index in [0.29, 0.717) is 18.5 Å². The molecule has 8 nitrogen and oxygen atoms in total. The standard InChI is InChI=1S/C26H33N5O3S/c1-5-19(3)29-26(32)21-9-8-18(2)25(13-21)23-15-28-30(17-23)24-12-22(14-27-16-24)20(4)31-10-6-7-11-35(31,33)34/h8-9,12-17,19-20H,5-7,10-11H2,1-4H3,(H,29,32). The monoisotopic (exact) mass is 495 g/mol. The zero-order valence-electron chi connectivity index (χ0n) is 20.7. The molecule has 2 atom stereocenters. The summed E-state index contributed by atoms with van der Waals surface area (Å²) in [5.41, 5.74) is 5.05. The number of aryl methyl sites for hydroxylation is 1. The van der Waals surface area contributed by atoms with Crippen LogP contribution >= 0.6 is 0 Å². The van der Waals surface area contributed by atoms with Crippen LogP contribution in [-0.4, -0.2) is 51.7 Å². The van der Waals surface area contributed by atoms with Crippen LogP contribution in [0.3, 0.4) is 0 Å². The zero-order chi connectivity index (χ0) is 25.2. The first-order valence-corrected chi connectivity index (χ1v) is 13.7. The number of aromatic nitrogens is 3. The molecule has 0 spiro atoms. The van der Waals surface area contributed by atoms with E-state index in [-0.39, 0.29) is 23.7 Å². The van der Waals surface area contributed by atoms with Crippen molar-refractivity contribution < 1.29 is 13.2 Å². The molecular weight excluding hydrogens is 462 g/mol. The number of nitrogens with zero attached hydrogens (tertiary/aromatic N) is 4. The predicted octanol–water partition coefficient (Wildman–Crippen LogP) is 4.26. The maximum Gasteiger partial charge on any atom is 0.251 e. The number of nitrogens with one attached hydrogen (secondary N) is 1. The van der Waals surface area contributed by atoms with Crippen LogP contribution in [0.25, 0.3) is 16.8 Å². The molecule has 4 rings (SSSR count). The fraction of sp³-hybridized carbons (Fsp3) is 0.423. The van der Waals surface area contributed by atoms with Gasteiger partial charge in [0.25, 0.3) is 5.91 Å². The van der Waals surface area contributed by atoms with E-state index in [1.54, 1.807) is 27.6 Å². The van der Waals surface area contributed by atoms with Gasteiger partial charge in [-0.2, -0.15) is 9.40 Å². The van der Waals surface area contributed by atoms with Crippen LogP contribution in [-0.2, 0) is 10.0 Å². The van der Waals surface area contributed by atoms with Gasteiger partial charge < -0.3 is 5.32 Å². The van der Waals surface area contributed by atoms with E-state index in [9.17, 15) is 13.2 Å². The van der Waals surface area contributed by atoms with Crippen molar-refractivity contribution in [2.75, 3.05) is 12.3 Å². The smallest absolute Gasteiger partial charge is 0.251 e. The first kappa shape index (κ1) is 25.1. The molecule has 9 heteroatoms. The van der Waals surface area contributed by atoms with E-state index < -0.39 is 10.0 Å². The molecule has 1 amide bonds. The molecule has 3 aromatic rings. The maximum absolute atomic E-state index is 12.6. The van der Waals surface area contributed by atoms with Crippen LogP contribution in [0.2, 0.25) is 0 Å². The highest BCUT2D eigenvalue weighted by Gasteiger charge is 2.31. The van der Waals surface area contributed by atoms with Gasteiger partial charge in [0.1, 0.15) is 0 Å². The lowest BCUT2D eigenvalue weighted by Crippen LogP contribution is -2.39. The largest absolute Gasteiger partial charge is 0.350 e. The van der Waals surface area contributed by atoms with Crippen LogP contribution in [0.5, 0.6) is 0 Å². The summed E-state index contributed by atoms with van der Waals surface area (Å²) in [4.78, 5) is 17.0. The number of pyridine rings is 1. The van der Waals surface area contributed by atoms with Crippen molar-refractivity contribution in [2.45, 2.75) is 59.0 Å². The number of sulfonamides is 1. The predicted molar refractivity (Wildman–Crippen MR) is 137 cm³/mol. The Bertz CT molecular complexity index is 1320. The number of carbonyl (C=O) groups is 1. The molecule has 1 fully saturated rings. The Morgan fingerprint density at radius 3 is 2.69 bits per heavy atom. The first-order valence-electron chi connectivity index (χ1n) is 12.1. The van der Waals surface area contributed by atoms with Crippen LogP contribution in [0.1, 0.15) is 67.6 Å². The van der Waals surface area contributed by atoms with Gasteiger partial charge in [-0.1, -0.05) is 13.0 Å². The molecule has 0 bridgehead atoms. The zero-order valence-corrected chi connectivity index (χ0v) is 21.5. The Labute approximate surface area is 207 Å². The molecule has 0 saturated carbocycles. The molecule has 2 unspecified atom stereocenters. The van der Waals surface area contributed by atoms with Gasteiger partial charge in [0.2, 0.25) is 10.0 Å². The number of carbonyl (C=O) groups excluding carboxylic acids is 1. The van der Waals surface area contributed by atoms with E-state index in [2.05, 4.69) is 15.4 Å². The number of amides is 1. The van der Waals surface area contributed by atoms with E-state index >= 15 is 0 Å². The second-order valence-electron chi connectivity index (χ2n) is 9.27. The highest BCUT2D eigenvalue weighted by molar-refractivity contribution is 7.89. The van der Waals surface area contributed by atoms with Crippen molar-refractivity contribution in [2.24, 2.45) is 0 Å². The molecule has 3 heterocycles. The van der Waals surface area contributed by atoms with Gasteiger partial charge in [-0.3, -0.25) is 9.78 Å². The lowest BCUT2D eigenvalue weighted by molar-refractivity contribution is 0.0939. The van der Waals surface area contributed by atoms with Gasteiger partial charge in [0.15, 0.2) is 0 Å². The maximum atomic E-state index is 12.6. The van der Waals surface area contributed by atoms with Crippen LogP contribution in [0.15, 0.2) is 49.1 Å². The van der Waals surface area contributed by atoms with Crippen molar-refractivity contribution in [1.82, 2.24) is 24.4 Å². The van der Waals surface area contributed by atoms with E-state index in [1.165, 1.54) is 0 Å². The average Bonchev–Trinajstić information content (AvgIpc) is 3.33. The Hall–Kier alpha value is -3.04. The number of rotatable bonds is 7.